The van der Waals surface area contributed by atoms with E-state index in [0.717, 1.165) is 30.9 Å². The van der Waals surface area contributed by atoms with Crippen LogP contribution in [0.4, 0.5) is 0 Å². The summed E-state index contributed by atoms with van der Waals surface area (Å²) < 4.78 is 1.74. The standard InChI is InChI=1S/C20H27N7O2/c1-3-27-16(6-8-21-27)18(29)25-9-7-20(19-22-13(2)23-24-19)12-26(11-15(20)10-25)17(28)14-4-5-14/h6,8,14-15H,3-5,7,9-12H2,1-2H3,(H,22,23,24)/t15-,20-/m1/s1. The summed E-state index contributed by atoms with van der Waals surface area (Å²) in [7, 11) is 0. The van der Waals surface area contributed by atoms with Gasteiger partial charge in [-0.25, -0.2) is 4.98 Å². The first-order valence-electron chi connectivity index (χ1n) is 10.5. The van der Waals surface area contributed by atoms with E-state index in [1.54, 1.807) is 16.9 Å². The highest BCUT2D eigenvalue weighted by molar-refractivity contribution is 5.92. The van der Waals surface area contributed by atoms with E-state index in [1.807, 2.05) is 23.6 Å². The second-order valence-corrected chi connectivity index (χ2v) is 8.62. The van der Waals surface area contributed by atoms with Crippen LogP contribution in [0.1, 0.15) is 48.3 Å². The molecule has 154 valence electrons. The molecule has 9 nitrogen and oxygen atoms in total. The number of carbonyl (C=O) groups excluding carboxylic acids is 2. The minimum atomic E-state index is -0.281. The van der Waals surface area contributed by atoms with Crippen LogP contribution in [0, 0.1) is 18.8 Å². The van der Waals surface area contributed by atoms with Crippen molar-refractivity contribution in [3.8, 4) is 0 Å². The first-order valence-corrected chi connectivity index (χ1v) is 10.5. The maximum absolute atomic E-state index is 13.2. The summed E-state index contributed by atoms with van der Waals surface area (Å²) >= 11 is 0. The molecular formula is C20H27N7O2. The van der Waals surface area contributed by atoms with Crippen LogP contribution in [0.25, 0.3) is 0 Å². The monoisotopic (exact) mass is 397 g/mol. The molecule has 1 saturated carbocycles. The lowest BCUT2D eigenvalue weighted by Gasteiger charge is -2.41. The Hall–Kier alpha value is -2.71. The number of aryl methyl sites for hydroxylation is 2. The lowest BCUT2D eigenvalue weighted by Crippen LogP contribution is -2.52. The van der Waals surface area contributed by atoms with Crippen molar-refractivity contribution in [2.75, 3.05) is 26.2 Å². The van der Waals surface area contributed by atoms with Gasteiger partial charge in [-0.1, -0.05) is 0 Å². The molecule has 0 spiro atoms. The van der Waals surface area contributed by atoms with Gasteiger partial charge in [-0.15, -0.1) is 0 Å². The van der Waals surface area contributed by atoms with E-state index in [-0.39, 0.29) is 29.1 Å². The van der Waals surface area contributed by atoms with Crippen molar-refractivity contribution in [2.24, 2.45) is 11.8 Å². The minimum Gasteiger partial charge on any atom is -0.341 e. The normalized spacial score (nSPS) is 26.6. The molecule has 5 rings (SSSR count). The first-order chi connectivity index (χ1) is 14.0. The molecule has 0 bridgehead atoms. The Morgan fingerprint density at radius 3 is 2.76 bits per heavy atom. The van der Waals surface area contributed by atoms with Gasteiger partial charge in [-0.3, -0.25) is 19.4 Å². The zero-order valence-electron chi connectivity index (χ0n) is 17.0. The molecule has 29 heavy (non-hydrogen) atoms. The molecule has 2 aromatic heterocycles. The molecule has 9 heteroatoms. The van der Waals surface area contributed by atoms with Crippen molar-refractivity contribution < 1.29 is 9.59 Å². The predicted molar refractivity (Wildman–Crippen MR) is 104 cm³/mol. The third-order valence-corrected chi connectivity index (χ3v) is 6.77. The van der Waals surface area contributed by atoms with E-state index in [2.05, 4.69) is 20.3 Å². The first kappa shape index (κ1) is 18.3. The molecule has 2 aromatic rings. The van der Waals surface area contributed by atoms with Crippen LogP contribution in [0.2, 0.25) is 0 Å². The van der Waals surface area contributed by atoms with Crippen LogP contribution < -0.4 is 0 Å². The van der Waals surface area contributed by atoms with Gasteiger partial charge in [-0.05, 0) is 39.2 Å². The van der Waals surface area contributed by atoms with Crippen molar-refractivity contribution in [1.29, 1.82) is 0 Å². The number of hydrogen-bond acceptors (Lipinski definition) is 5. The smallest absolute Gasteiger partial charge is 0.272 e. The second-order valence-electron chi connectivity index (χ2n) is 8.62. The topological polar surface area (TPSA) is 100 Å². The maximum atomic E-state index is 13.2. The van der Waals surface area contributed by atoms with Gasteiger partial charge in [0.2, 0.25) is 5.91 Å². The number of hydrogen-bond donors (Lipinski definition) is 1. The number of fused-ring (bicyclic) bond motifs is 1. The summed E-state index contributed by atoms with van der Waals surface area (Å²) in [5, 5.41) is 11.7. The number of nitrogens with one attached hydrogen (secondary N) is 1. The van der Waals surface area contributed by atoms with E-state index in [4.69, 9.17) is 0 Å². The lowest BCUT2D eigenvalue weighted by atomic mass is 9.72. The number of nitrogens with zero attached hydrogens (tertiary/aromatic N) is 6. The van der Waals surface area contributed by atoms with Gasteiger partial charge in [0.1, 0.15) is 11.5 Å². The summed E-state index contributed by atoms with van der Waals surface area (Å²) in [6.45, 7) is 7.09. The van der Waals surface area contributed by atoms with Crippen LogP contribution in [0.3, 0.4) is 0 Å². The van der Waals surface area contributed by atoms with Crippen molar-refractivity contribution in [1.82, 2.24) is 34.8 Å². The molecule has 1 aliphatic carbocycles. The van der Waals surface area contributed by atoms with Gasteiger partial charge >= 0.3 is 0 Å². The molecule has 2 atom stereocenters. The second kappa shape index (κ2) is 6.67. The van der Waals surface area contributed by atoms with E-state index in [1.165, 1.54) is 0 Å². The fraction of sp³-hybridized carbons (Fsp3) is 0.650. The summed E-state index contributed by atoms with van der Waals surface area (Å²) in [4.78, 5) is 34.5. The van der Waals surface area contributed by atoms with Gasteiger partial charge in [0.15, 0.2) is 5.82 Å². The fourth-order valence-corrected chi connectivity index (χ4v) is 4.98. The molecule has 1 N–H and O–H groups in total. The van der Waals surface area contributed by atoms with E-state index < -0.39 is 0 Å². The van der Waals surface area contributed by atoms with Crippen LogP contribution in [0.5, 0.6) is 0 Å². The van der Waals surface area contributed by atoms with E-state index in [0.29, 0.717) is 38.4 Å². The number of amides is 2. The number of likely N-dealkylation sites (tertiary alicyclic amines) is 2. The molecule has 3 fully saturated rings. The van der Waals surface area contributed by atoms with E-state index >= 15 is 0 Å². The SMILES string of the molecule is CCn1nccc1C(=O)N1CC[C@@]2(c3n[nH]c(C)n3)CN(C(=O)C3CC3)C[C@H]2C1. The van der Waals surface area contributed by atoms with Gasteiger partial charge in [0.05, 0.1) is 5.41 Å². The van der Waals surface area contributed by atoms with Crippen LogP contribution in [-0.4, -0.2) is 72.8 Å². The highest BCUT2D eigenvalue weighted by Crippen LogP contribution is 2.45. The summed E-state index contributed by atoms with van der Waals surface area (Å²) in [6, 6.07) is 1.78. The van der Waals surface area contributed by atoms with E-state index in [9.17, 15) is 9.59 Å². The van der Waals surface area contributed by atoms with Gasteiger partial charge in [0.25, 0.3) is 5.91 Å². The Kier molecular flexibility index (Phi) is 4.22. The third kappa shape index (κ3) is 2.94. The van der Waals surface area contributed by atoms with Gasteiger partial charge in [-0.2, -0.15) is 10.2 Å². The Balaban J connectivity index is 1.42. The highest BCUT2D eigenvalue weighted by Gasteiger charge is 2.55. The Morgan fingerprint density at radius 1 is 1.28 bits per heavy atom. The number of piperidine rings is 1. The van der Waals surface area contributed by atoms with Gasteiger partial charge in [0, 0.05) is 50.8 Å². The average Bonchev–Trinajstić information content (AvgIpc) is 3.14. The quantitative estimate of drug-likeness (QED) is 0.829. The Bertz CT molecular complexity index is 946. The van der Waals surface area contributed by atoms with Crippen LogP contribution in [-0.2, 0) is 16.8 Å². The molecule has 0 radical (unpaired) electrons. The number of H-pyrrole nitrogens is 1. The molecule has 2 aliphatic heterocycles. The van der Waals surface area contributed by atoms with Crippen molar-refractivity contribution in [2.45, 2.75) is 45.1 Å². The maximum Gasteiger partial charge on any atom is 0.272 e. The molecule has 2 amide bonds. The lowest BCUT2D eigenvalue weighted by molar-refractivity contribution is -0.131. The Morgan fingerprint density at radius 2 is 2.07 bits per heavy atom. The van der Waals surface area contributed by atoms with Crippen molar-refractivity contribution in [3.63, 3.8) is 0 Å². The largest absolute Gasteiger partial charge is 0.341 e. The number of aromatic amines is 1. The molecule has 0 unspecified atom stereocenters. The van der Waals surface area contributed by atoms with Gasteiger partial charge < -0.3 is 9.80 Å². The summed E-state index contributed by atoms with van der Waals surface area (Å²) in [5.74, 6) is 2.17. The predicted octanol–water partition coefficient (Wildman–Crippen LogP) is 0.982. The number of carbonyl (C=O) groups is 2. The number of aromatic nitrogens is 5. The zero-order valence-corrected chi connectivity index (χ0v) is 17.0. The molecular weight excluding hydrogens is 370 g/mol. The third-order valence-electron chi connectivity index (χ3n) is 6.77. The summed E-state index contributed by atoms with van der Waals surface area (Å²) in [6.07, 6.45) is 4.43. The summed E-state index contributed by atoms with van der Waals surface area (Å²) in [5.41, 5.74) is 0.342. The average molecular weight is 397 g/mol. The minimum absolute atomic E-state index is 0.0103. The molecule has 4 heterocycles. The van der Waals surface area contributed by atoms with Crippen LogP contribution >= 0.6 is 0 Å². The molecule has 2 saturated heterocycles. The zero-order chi connectivity index (χ0) is 20.2. The fourth-order valence-electron chi connectivity index (χ4n) is 4.98. The number of rotatable bonds is 4. The Labute approximate surface area is 169 Å². The molecule has 3 aliphatic rings. The molecule has 0 aromatic carbocycles. The van der Waals surface area contributed by atoms with Crippen molar-refractivity contribution in [3.05, 3.63) is 29.6 Å². The highest BCUT2D eigenvalue weighted by atomic mass is 16.2. The van der Waals surface area contributed by atoms with Crippen molar-refractivity contribution >= 4 is 11.8 Å². The van der Waals surface area contributed by atoms with Crippen LogP contribution in [0.15, 0.2) is 12.3 Å².